The van der Waals surface area contributed by atoms with E-state index in [2.05, 4.69) is 41.0 Å². The zero-order valence-corrected chi connectivity index (χ0v) is 10.5. The lowest BCUT2D eigenvalue weighted by Crippen LogP contribution is -2.25. The van der Waals surface area contributed by atoms with Crippen LogP contribution in [0, 0.1) is 5.92 Å². The van der Waals surface area contributed by atoms with Crippen LogP contribution in [0.2, 0.25) is 0 Å². The minimum Gasteiger partial charge on any atom is -0.374 e. The summed E-state index contributed by atoms with van der Waals surface area (Å²) in [6, 6.07) is 6.29. The van der Waals surface area contributed by atoms with E-state index >= 15 is 0 Å². The molecule has 1 aromatic carbocycles. The molecule has 1 heterocycles. The molecule has 0 bridgehead atoms. The van der Waals surface area contributed by atoms with Crippen molar-refractivity contribution in [2.24, 2.45) is 11.7 Å². The van der Waals surface area contributed by atoms with E-state index in [-0.39, 0.29) is 0 Å². The zero-order chi connectivity index (χ0) is 12.3. The van der Waals surface area contributed by atoms with E-state index < -0.39 is 0 Å². The van der Waals surface area contributed by atoms with Gasteiger partial charge in [0.1, 0.15) is 0 Å². The highest BCUT2D eigenvalue weighted by Crippen LogP contribution is 2.19. The van der Waals surface area contributed by atoms with Crippen molar-refractivity contribution in [3.8, 4) is 0 Å². The number of hydrogen-bond donors (Lipinski definition) is 2. The zero-order valence-electron chi connectivity index (χ0n) is 10.5. The van der Waals surface area contributed by atoms with E-state index in [1.807, 2.05) is 6.07 Å². The highest BCUT2D eigenvalue weighted by atomic mass is 15.1. The van der Waals surface area contributed by atoms with Crippen LogP contribution in [-0.2, 0) is 0 Å². The molecular formula is C13H20N4. The van der Waals surface area contributed by atoms with Crippen LogP contribution in [0.15, 0.2) is 24.5 Å². The first-order valence-electron chi connectivity index (χ1n) is 6.05. The number of benzene rings is 1. The first kappa shape index (κ1) is 11.9. The Balaban J connectivity index is 2.09. The Hall–Kier alpha value is -1.55. The SMILES string of the molecule is CC(CCN)CN(C)c1ccc2nc[nH]c2c1. The smallest absolute Gasteiger partial charge is 0.0931 e. The van der Waals surface area contributed by atoms with Gasteiger partial charge in [-0.25, -0.2) is 4.98 Å². The maximum atomic E-state index is 5.57. The van der Waals surface area contributed by atoms with Crippen molar-refractivity contribution in [2.75, 3.05) is 25.0 Å². The van der Waals surface area contributed by atoms with E-state index in [0.29, 0.717) is 5.92 Å². The molecule has 1 aromatic heterocycles. The van der Waals surface area contributed by atoms with Gasteiger partial charge >= 0.3 is 0 Å². The van der Waals surface area contributed by atoms with Crippen LogP contribution in [-0.4, -0.2) is 30.1 Å². The van der Waals surface area contributed by atoms with Crippen molar-refractivity contribution in [2.45, 2.75) is 13.3 Å². The first-order chi connectivity index (χ1) is 8.20. The Bertz CT molecular complexity index is 477. The van der Waals surface area contributed by atoms with Crippen LogP contribution in [0.4, 0.5) is 5.69 Å². The largest absolute Gasteiger partial charge is 0.374 e. The molecule has 0 spiro atoms. The lowest BCUT2D eigenvalue weighted by atomic mass is 10.1. The fourth-order valence-corrected chi connectivity index (χ4v) is 2.11. The summed E-state index contributed by atoms with van der Waals surface area (Å²) in [5, 5.41) is 0. The van der Waals surface area contributed by atoms with Crippen LogP contribution < -0.4 is 10.6 Å². The summed E-state index contributed by atoms with van der Waals surface area (Å²) in [6.07, 6.45) is 2.79. The second-order valence-electron chi connectivity index (χ2n) is 4.67. The predicted molar refractivity (Wildman–Crippen MR) is 72.2 cm³/mol. The number of aromatic nitrogens is 2. The summed E-state index contributed by atoms with van der Waals surface area (Å²) in [4.78, 5) is 9.62. The Kier molecular flexibility index (Phi) is 3.64. The average Bonchev–Trinajstić information content (AvgIpc) is 2.75. The van der Waals surface area contributed by atoms with Crippen molar-refractivity contribution >= 4 is 16.7 Å². The third-order valence-electron chi connectivity index (χ3n) is 3.09. The lowest BCUT2D eigenvalue weighted by molar-refractivity contribution is 0.539. The molecule has 4 heteroatoms. The van der Waals surface area contributed by atoms with Gasteiger partial charge in [-0.3, -0.25) is 0 Å². The summed E-state index contributed by atoms with van der Waals surface area (Å²) in [7, 11) is 2.12. The number of H-pyrrole nitrogens is 1. The summed E-state index contributed by atoms with van der Waals surface area (Å²) >= 11 is 0. The molecule has 2 aromatic rings. The fraction of sp³-hybridized carbons (Fsp3) is 0.462. The molecule has 17 heavy (non-hydrogen) atoms. The molecule has 3 N–H and O–H groups in total. The minimum absolute atomic E-state index is 0.613. The number of rotatable bonds is 5. The highest BCUT2D eigenvalue weighted by molar-refractivity contribution is 5.78. The molecule has 0 saturated carbocycles. The number of fused-ring (bicyclic) bond motifs is 1. The maximum absolute atomic E-state index is 5.57. The minimum atomic E-state index is 0.613. The molecule has 2 rings (SSSR count). The van der Waals surface area contributed by atoms with Crippen LogP contribution in [0.1, 0.15) is 13.3 Å². The Morgan fingerprint density at radius 3 is 3.06 bits per heavy atom. The van der Waals surface area contributed by atoms with E-state index in [9.17, 15) is 0 Å². The van der Waals surface area contributed by atoms with Gasteiger partial charge in [-0.2, -0.15) is 0 Å². The number of aromatic amines is 1. The number of anilines is 1. The summed E-state index contributed by atoms with van der Waals surface area (Å²) in [6.45, 7) is 4.02. The summed E-state index contributed by atoms with van der Waals surface area (Å²) in [5.74, 6) is 0.613. The molecule has 92 valence electrons. The molecule has 0 amide bonds. The number of imidazole rings is 1. The third-order valence-corrected chi connectivity index (χ3v) is 3.09. The second kappa shape index (κ2) is 5.19. The lowest BCUT2D eigenvalue weighted by Gasteiger charge is -2.23. The van der Waals surface area contributed by atoms with E-state index in [0.717, 1.165) is 30.5 Å². The average molecular weight is 232 g/mol. The molecule has 0 aliphatic carbocycles. The standard InChI is InChI=1S/C13H20N4/c1-10(5-6-14)8-17(2)11-3-4-12-13(7-11)16-9-15-12/h3-4,7,9-10H,5-6,8,14H2,1-2H3,(H,15,16). The first-order valence-corrected chi connectivity index (χ1v) is 6.05. The quantitative estimate of drug-likeness (QED) is 0.828. The van der Waals surface area contributed by atoms with Crippen LogP contribution >= 0.6 is 0 Å². The highest BCUT2D eigenvalue weighted by Gasteiger charge is 2.07. The molecule has 0 fully saturated rings. The van der Waals surface area contributed by atoms with Gasteiger partial charge in [0.2, 0.25) is 0 Å². The van der Waals surface area contributed by atoms with Crippen molar-refractivity contribution < 1.29 is 0 Å². The van der Waals surface area contributed by atoms with Crippen LogP contribution in [0.25, 0.3) is 11.0 Å². The number of hydrogen-bond acceptors (Lipinski definition) is 3. The normalized spacial score (nSPS) is 12.9. The van der Waals surface area contributed by atoms with E-state index in [1.165, 1.54) is 5.69 Å². The maximum Gasteiger partial charge on any atom is 0.0931 e. The van der Waals surface area contributed by atoms with Gasteiger partial charge in [-0.15, -0.1) is 0 Å². The summed E-state index contributed by atoms with van der Waals surface area (Å²) in [5.41, 5.74) is 8.88. The van der Waals surface area contributed by atoms with Gasteiger partial charge < -0.3 is 15.6 Å². The Morgan fingerprint density at radius 2 is 2.29 bits per heavy atom. The van der Waals surface area contributed by atoms with Gasteiger partial charge in [0.25, 0.3) is 0 Å². The van der Waals surface area contributed by atoms with E-state index in [1.54, 1.807) is 6.33 Å². The van der Waals surface area contributed by atoms with Crippen molar-refractivity contribution in [3.05, 3.63) is 24.5 Å². The van der Waals surface area contributed by atoms with Crippen LogP contribution in [0.3, 0.4) is 0 Å². The number of nitrogens with one attached hydrogen (secondary N) is 1. The van der Waals surface area contributed by atoms with Gasteiger partial charge in [0.05, 0.1) is 17.4 Å². The molecule has 1 unspecified atom stereocenters. The molecule has 1 atom stereocenters. The Morgan fingerprint density at radius 1 is 1.47 bits per heavy atom. The monoisotopic (exact) mass is 232 g/mol. The van der Waals surface area contributed by atoms with Gasteiger partial charge in [-0.05, 0) is 37.1 Å². The topological polar surface area (TPSA) is 57.9 Å². The second-order valence-corrected chi connectivity index (χ2v) is 4.67. The van der Waals surface area contributed by atoms with Crippen molar-refractivity contribution in [1.29, 1.82) is 0 Å². The molecule has 0 aliphatic rings. The molecule has 0 aliphatic heterocycles. The Labute approximate surface area is 102 Å². The number of nitrogens with two attached hydrogens (primary N) is 1. The fourth-order valence-electron chi connectivity index (χ4n) is 2.11. The predicted octanol–water partition coefficient (Wildman–Crippen LogP) is 1.98. The van der Waals surface area contributed by atoms with Gasteiger partial charge in [-0.1, -0.05) is 6.92 Å². The van der Waals surface area contributed by atoms with Crippen LogP contribution in [0.5, 0.6) is 0 Å². The van der Waals surface area contributed by atoms with Gasteiger partial charge in [0.15, 0.2) is 0 Å². The molecular weight excluding hydrogens is 212 g/mol. The number of nitrogens with zero attached hydrogens (tertiary/aromatic N) is 2. The molecule has 4 nitrogen and oxygen atoms in total. The third kappa shape index (κ3) is 2.77. The van der Waals surface area contributed by atoms with Crippen molar-refractivity contribution in [1.82, 2.24) is 9.97 Å². The summed E-state index contributed by atoms with van der Waals surface area (Å²) < 4.78 is 0. The van der Waals surface area contributed by atoms with Crippen molar-refractivity contribution in [3.63, 3.8) is 0 Å². The molecule has 0 saturated heterocycles. The van der Waals surface area contributed by atoms with E-state index in [4.69, 9.17) is 5.73 Å². The molecule has 0 radical (unpaired) electrons. The van der Waals surface area contributed by atoms with Gasteiger partial charge in [0, 0.05) is 19.3 Å².